The van der Waals surface area contributed by atoms with Crippen LogP contribution >= 0.6 is 0 Å². The Morgan fingerprint density at radius 2 is 2.00 bits per heavy atom. The number of nitro groups is 1. The van der Waals surface area contributed by atoms with Crippen molar-refractivity contribution in [1.29, 1.82) is 0 Å². The van der Waals surface area contributed by atoms with Crippen LogP contribution in [-0.2, 0) is 13.6 Å². The third-order valence-electron chi connectivity index (χ3n) is 5.29. The summed E-state index contributed by atoms with van der Waals surface area (Å²) in [4.78, 5) is 41.9. The maximum atomic E-state index is 12.5. The SMILES string of the molecule is CCCCCCCn1c(N/N=C(\C)c2cccc([N+](=O)[O-])c2)nc2c1c(=O)[nH]c(=O)n2C. The summed E-state index contributed by atoms with van der Waals surface area (Å²) in [5.74, 6) is 0.326. The van der Waals surface area contributed by atoms with Gasteiger partial charge in [0.1, 0.15) is 0 Å². The number of hydrogen-bond acceptors (Lipinski definition) is 7. The molecule has 3 rings (SSSR count). The van der Waals surface area contributed by atoms with Crippen molar-refractivity contribution in [1.82, 2.24) is 19.1 Å². The lowest BCUT2D eigenvalue weighted by Gasteiger charge is -2.09. The lowest BCUT2D eigenvalue weighted by Crippen LogP contribution is -2.29. The zero-order valence-corrected chi connectivity index (χ0v) is 18.4. The maximum absolute atomic E-state index is 12.5. The number of H-pyrrole nitrogens is 1. The van der Waals surface area contributed by atoms with E-state index in [1.54, 1.807) is 30.7 Å². The molecule has 0 bridgehead atoms. The van der Waals surface area contributed by atoms with Crippen LogP contribution in [0.25, 0.3) is 11.2 Å². The Balaban J connectivity index is 1.95. The largest absolute Gasteiger partial charge is 0.329 e. The van der Waals surface area contributed by atoms with E-state index >= 15 is 0 Å². The number of hydrazone groups is 1. The Morgan fingerprint density at radius 1 is 1.25 bits per heavy atom. The minimum absolute atomic E-state index is 0.0297. The van der Waals surface area contributed by atoms with E-state index in [-0.39, 0.29) is 11.3 Å². The molecule has 32 heavy (non-hydrogen) atoms. The molecule has 0 saturated heterocycles. The van der Waals surface area contributed by atoms with E-state index in [9.17, 15) is 19.7 Å². The van der Waals surface area contributed by atoms with Crippen LogP contribution in [0.3, 0.4) is 0 Å². The average molecular weight is 441 g/mol. The molecule has 0 aliphatic heterocycles. The van der Waals surface area contributed by atoms with E-state index in [1.807, 2.05) is 0 Å². The highest BCUT2D eigenvalue weighted by molar-refractivity contribution is 5.99. The number of unbranched alkanes of at least 4 members (excludes halogenated alkanes) is 4. The molecule has 0 radical (unpaired) electrons. The van der Waals surface area contributed by atoms with Gasteiger partial charge in [0.05, 0.1) is 10.6 Å². The van der Waals surface area contributed by atoms with E-state index < -0.39 is 16.2 Å². The Hall–Kier alpha value is -3.76. The summed E-state index contributed by atoms with van der Waals surface area (Å²) >= 11 is 0. The molecule has 2 N–H and O–H groups in total. The highest BCUT2D eigenvalue weighted by Gasteiger charge is 2.17. The molecule has 0 amide bonds. The Kier molecular flexibility index (Phi) is 7.18. The van der Waals surface area contributed by atoms with Gasteiger partial charge in [-0.2, -0.15) is 10.1 Å². The van der Waals surface area contributed by atoms with Crippen molar-refractivity contribution >= 4 is 28.5 Å². The third kappa shape index (κ3) is 4.93. The molecule has 11 nitrogen and oxygen atoms in total. The second-order valence-corrected chi connectivity index (χ2v) is 7.61. The number of anilines is 1. The fraction of sp³-hybridized carbons (Fsp3) is 0.429. The van der Waals surface area contributed by atoms with Crippen molar-refractivity contribution in [2.75, 3.05) is 5.43 Å². The summed E-state index contributed by atoms with van der Waals surface area (Å²) in [5.41, 5.74) is 3.46. The number of aryl methyl sites for hydroxylation is 2. The van der Waals surface area contributed by atoms with E-state index in [0.29, 0.717) is 29.3 Å². The number of nitrogens with one attached hydrogen (secondary N) is 2. The normalized spacial score (nSPS) is 11.8. The van der Waals surface area contributed by atoms with Crippen molar-refractivity contribution < 1.29 is 4.92 Å². The minimum atomic E-state index is -0.544. The van der Waals surface area contributed by atoms with Gasteiger partial charge in [0, 0.05) is 31.3 Å². The predicted molar refractivity (Wildman–Crippen MR) is 123 cm³/mol. The van der Waals surface area contributed by atoms with Gasteiger partial charge in [-0.15, -0.1) is 0 Å². The van der Waals surface area contributed by atoms with Crippen LogP contribution in [0.2, 0.25) is 0 Å². The van der Waals surface area contributed by atoms with Crippen molar-refractivity contribution in [3.8, 4) is 0 Å². The Morgan fingerprint density at radius 3 is 2.72 bits per heavy atom. The number of rotatable bonds is 10. The van der Waals surface area contributed by atoms with Crippen molar-refractivity contribution in [2.45, 2.75) is 52.5 Å². The van der Waals surface area contributed by atoms with Crippen molar-refractivity contribution in [2.24, 2.45) is 12.1 Å². The number of aromatic nitrogens is 4. The molecule has 0 spiro atoms. The second kappa shape index (κ2) is 10.0. The first-order valence-electron chi connectivity index (χ1n) is 10.6. The zero-order chi connectivity index (χ0) is 23.3. The Bertz CT molecular complexity index is 1270. The highest BCUT2D eigenvalue weighted by atomic mass is 16.6. The molecule has 170 valence electrons. The number of hydrogen-bond donors (Lipinski definition) is 2. The molecular formula is C21H27N7O4. The summed E-state index contributed by atoms with van der Waals surface area (Å²) in [5, 5.41) is 15.4. The first-order chi connectivity index (χ1) is 15.3. The number of benzene rings is 1. The van der Waals surface area contributed by atoms with Crippen LogP contribution in [-0.4, -0.2) is 29.7 Å². The lowest BCUT2D eigenvalue weighted by atomic mass is 10.1. The second-order valence-electron chi connectivity index (χ2n) is 7.61. The molecule has 0 saturated carbocycles. The van der Waals surface area contributed by atoms with Crippen LogP contribution in [0.1, 0.15) is 51.5 Å². The molecule has 2 heterocycles. The van der Waals surface area contributed by atoms with Gasteiger partial charge in [-0.1, -0.05) is 44.7 Å². The first-order valence-corrected chi connectivity index (χ1v) is 10.6. The quantitative estimate of drug-likeness (QED) is 0.214. The predicted octanol–water partition coefficient (Wildman–Crippen LogP) is 3.14. The summed E-state index contributed by atoms with van der Waals surface area (Å²) < 4.78 is 3.01. The van der Waals surface area contributed by atoms with Gasteiger partial charge in [0.2, 0.25) is 5.95 Å². The summed E-state index contributed by atoms with van der Waals surface area (Å²) in [6, 6.07) is 6.16. The van der Waals surface area contributed by atoms with Gasteiger partial charge >= 0.3 is 5.69 Å². The molecule has 0 fully saturated rings. The van der Waals surface area contributed by atoms with Gasteiger partial charge in [-0.25, -0.2) is 10.2 Å². The molecule has 3 aromatic rings. The summed E-state index contributed by atoms with van der Waals surface area (Å²) in [7, 11) is 1.54. The van der Waals surface area contributed by atoms with Gasteiger partial charge < -0.3 is 4.57 Å². The first kappa shape index (κ1) is 22.9. The maximum Gasteiger partial charge on any atom is 0.329 e. The van der Waals surface area contributed by atoms with Crippen molar-refractivity contribution in [3.63, 3.8) is 0 Å². The monoisotopic (exact) mass is 441 g/mol. The molecule has 0 aliphatic carbocycles. The van der Waals surface area contributed by atoms with E-state index in [4.69, 9.17) is 0 Å². The number of nitrogens with zero attached hydrogens (tertiary/aromatic N) is 5. The Labute approximate surface area is 183 Å². The number of aromatic amines is 1. The highest BCUT2D eigenvalue weighted by Crippen LogP contribution is 2.18. The third-order valence-corrected chi connectivity index (χ3v) is 5.29. The number of fused-ring (bicyclic) bond motifs is 1. The van der Waals surface area contributed by atoms with E-state index in [1.165, 1.54) is 16.7 Å². The number of nitro benzene ring substituents is 1. The van der Waals surface area contributed by atoms with E-state index in [0.717, 1.165) is 32.1 Å². The molecule has 1 aromatic carbocycles. The molecular weight excluding hydrogens is 414 g/mol. The molecule has 0 atom stereocenters. The fourth-order valence-electron chi connectivity index (χ4n) is 3.45. The van der Waals surface area contributed by atoms with Crippen molar-refractivity contribution in [3.05, 3.63) is 60.8 Å². The van der Waals surface area contributed by atoms with Gasteiger partial charge in [-0.05, 0) is 13.3 Å². The number of imidazole rings is 1. The summed E-state index contributed by atoms with van der Waals surface area (Å²) in [6.45, 7) is 4.40. The minimum Gasteiger partial charge on any atom is -0.303 e. The van der Waals surface area contributed by atoms with Gasteiger partial charge in [0.15, 0.2) is 11.2 Å². The smallest absolute Gasteiger partial charge is 0.303 e. The summed E-state index contributed by atoms with van der Waals surface area (Å²) in [6.07, 6.45) is 5.24. The van der Waals surface area contributed by atoms with Gasteiger partial charge in [0.25, 0.3) is 11.2 Å². The fourth-order valence-corrected chi connectivity index (χ4v) is 3.45. The van der Waals surface area contributed by atoms with Gasteiger partial charge in [-0.3, -0.25) is 24.5 Å². The zero-order valence-electron chi connectivity index (χ0n) is 18.4. The van der Waals surface area contributed by atoms with Crippen LogP contribution in [0.15, 0.2) is 39.0 Å². The molecule has 0 aliphatic rings. The van der Waals surface area contributed by atoms with Crippen LogP contribution < -0.4 is 16.7 Å². The van der Waals surface area contributed by atoms with Crippen LogP contribution in [0, 0.1) is 10.1 Å². The average Bonchev–Trinajstić information content (AvgIpc) is 3.15. The standard InChI is InChI=1S/C21H27N7O4/c1-4-5-6-7-8-12-27-17-18(26(3)21(30)23-19(17)29)22-20(27)25-24-14(2)15-10-9-11-16(13-15)28(31)32/h9-11,13H,4-8,12H2,1-3H3,(H,22,25)(H,23,29,30)/b24-14+. The topological polar surface area (TPSA) is 140 Å². The molecule has 0 unspecified atom stereocenters. The van der Waals surface area contributed by atoms with Crippen LogP contribution in [0.4, 0.5) is 11.6 Å². The lowest BCUT2D eigenvalue weighted by molar-refractivity contribution is -0.384. The molecule has 2 aromatic heterocycles. The van der Waals surface area contributed by atoms with Crippen LogP contribution in [0.5, 0.6) is 0 Å². The van der Waals surface area contributed by atoms with E-state index in [2.05, 4.69) is 27.4 Å². The number of non-ortho nitro benzene ring substituents is 1. The molecule has 11 heteroatoms.